The Balaban J connectivity index is 2.53. The van der Waals surface area contributed by atoms with E-state index in [1.54, 1.807) is 0 Å². The number of aryl methyl sites for hydroxylation is 1. The Bertz CT molecular complexity index is 294. The second kappa shape index (κ2) is 6.22. The predicted molar refractivity (Wildman–Crippen MR) is 59.5 cm³/mol. The zero-order valence-corrected chi connectivity index (χ0v) is 8.57. The van der Waals surface area contributed by atoms with Gasteiger partial charge in [0.05, 0.1) is 0 Å². The van der Waals surface area contributed by atoms with Gasteiger partial charge in [0.2, 0.25) is 0 Å². The highest BCUT2D eigenvalue weighted by atomic mass is 16.5. The van der Waals surface area contributed by atoms with Crippen molar-refractivity contribution in [3.63, 3.8) is 0 Å². The summed E-state index contributed by atoms with van der Waals surface area (Å²) in [5.74, 6) is 0.969. The number of nitrogens with two attached hydrogens (primary N) is 1. The minimum Gasteiger partial charge on any atom is -0.489 e. The van der Waals surface area contributed by atoms with Crippen LogP contribution in [0.25, 0.3) is 0 Å². The quantitative estimate of drug-likeness (QED) is 0.724. The van der Waals surface area contributed by atoms with Crippen LogP contribution in [0.1, 0.15) is 12.5 Å². The van der Waals surface area contributed by atoms with Gasteiger partial charge in [0, 0.05) is 6.54 Å². The highest BCUT2D eigenvalue weighted by molar-refractivity contribution is 5.33. The molecule has 0 radical (unpaired) electrons. The van der Waals surface area contributed by atoms with Gasteiger partial charge in [-0.3, -0.25) is 0 Å². The second-order valence-electron chi connectivity index (χ2n) is 2.98. The van der Waals surface area contributed by atoms with Crippen molar-refractivity contribution in [2.45, 2.75) is 13.3 Å². The molecule has 1 rings (SSSR count). The van der Waals surface area contributed by atoms with Gasteiger partial charge in [-0.05, 0) is 18.1 Å². The van der Waals surface area contributed by atoms with Crippen molar-refractivity contribution in [2.24, 2.45) is 5.73 Å². The lowest BCUT2D eigenvalue weighted by atomic mass is 10.1. The van der Waals surface area contributed by atoms with Crippen molar-refractivity contribution in [1.29, 1.82) is 0 Å². The van der Waals surface area contributed by atoms with Gasteiger partial charge in [-0.2, -0.15) is 0 Å². The van der Waals surface area contributed by atoms with Crippen molar-refractivity contribution in [3.8, 4) is 5.75 Å². The fourth-order valence-electron chi connectivity index (χ4n) is 1.24. The molecular weight excluding hydrogens is 174 g/mol. The van der Waals surface area contributed by atoms with Crippen molar-refractivity contribution >= 4 is 0 Å². The van der Waals surface area contributed by atoms with Crippen LogP contribution in [0.5, 0.6) is 5.75 Å². The fraction of sp³-hybridized carbons (Fsp3) is 0.333. The summed E-state index contributed by atoms with van der Waals surface area (Å²) >= 11 is 0. The summed E-state index contributed by atoms with van der Waals surface area (Å²) in [5.41, 5.74) is 6.57. The first-order chi connectivity index (χ1) is 6.88. The Hall–Kier alpha value is -1.28. The highest BCUT2D eigenvalue weighted by Gasteiger charge is 1.97. The van der Waals surface area contributed by atoms with Crippen LogP contribution in [0.2, 0.25) is 0 Å². The Labute approximate surface area is 85.4 Å². The minimum atomic E-state index is 0.568. The lowest BCUT2D eigenvalue weighted by Gasteiger charge is -2.07. The molecule has 0 bridgehead atoms. The van der Waals surface area contributed by atoms with E-state index in [0.717, 1.165) is 12.2 Å². The second-order valence-corrected chi connectivity index (χ2v) is 2.98. The van der Waals surface area contributed by atoms with Gasteiger partial charge in [-0.15, -0.1) is 0 Å². The summed E-state index contributed by atoms with van der Waals surface area (Å²) in [5, 5.41) is 0. The molecule has 0 spiro atoms. The monoisotopic (exact) mass is 191 g/mol. The molecule has 76 valence electrons. The maximum atomic E-state index is 5.59. The third kappa shape index (κ3) is 3.23. The number of hydrogen-bond acceptors (Lipinski definition) is 2. The van der Waals surface area contributed by atoms with Crippen LogP contribution in [0.3, 0.4) is 0 Å². The molecule has 0 saturated carbocycles. The van der Waals surface area contributed by atoms with Gasteiger partial charge < -0.3 is 10.5 Å². The van der Waals surface area contributed by atoms with Gasteiger partial charge in [0.1, 0.15) is 12.4 Å². The molecule has 0 aliphatic heterocycles. The van der Waals surface area contributed by atoms with E-state index in [4.69, 9.17) is 10.5 Å². The highest BCUT2D eigenvalue weighted by Crippen LogP contribution is 2.17. The predicted octanol–water partition coefficient (Wildman–Crippen LogP) is 2.14. The van der Waals surface area contributed by atoms with Crippen LogP contribution in [0.15, 0.2) is 36.4 Å². The van der Waals surface area contributed by atoms with Crippen LogP contribution in [0, 0.1) is 0 Å². The summed E-state index contributed by atoms with van der Waals surface area (Å²) in [7, 11) is 0. The Morgan fingerprint density at radius 1 is 1.29 bits per heavy atom. The van der Waals surface area contributed by atoms with Gasteiger partial charge in [0.15, 0.2) is 0 Å². The van der Waals surface area contributed by atoms with E-state index < -0.39 is 0 Å². The molecule has 0 unspecified atom stereocenters. The smallest absolute Gasteiger partial charge is 0.122 e. The molecule has 0 aliphatic carbocycles. The Morgan fingerprint density at radius 3 is 2.79 bits per heavy atom. The lowest BCUT2D eigenvalue weighted by molar-refractivity contribution is 0.359. The molecule has 1 aromatic rings. The molecule has 1 aromatic carbocycles. The van der Waals surface area contributed by atoms with E-state index in [1.807, 2.05) is 30.4 Å². The number of rotatable bonds is 5. The SMILES string of the molecule is CCc1ccccc1OCC=CCN. The molecule has 0 saturated heterocycles. The summed E-state index contributed by atoms with van der Waals surface area (Å²) in [6, 6.07) is 8.10. The molecule has 0 aromatic heterocycles. The summed E-state index contributed by atoms with van der Waals surface area (Å²) in [6.07, 6.45) is 4.83. The Kier molecular flexibility index (Phi) is 4.79. The van der Waals surface area contributed by atoms with E-state index >= 15 is 0 Å². The number of para-hydroxylation sites is 1. The van der Waals surface area contributed by atoms with E-state index in [-0.39, 0.29) is 0 Å². The molecular formula is C12H17NO. The molecule has 2 N–H and O–H groups in total. The average Bonchev–Trinajstić information content (AvgIpc) is 2.25. The van der Waals surface area contributed by atoms with E-state index in [1.165, 1.54) is 5.56 Å². The van der Waals surface area contributed by atoms with Crippen molar-refractivity contribution in [2.75, 3.05) is 13.2 Å². The van der Waals surface area contributed by atoms with Crippen LogP contribution in [-0.4, -0.2) is 13.2 Å². The third-order valence-corrected chi connectivity index (χ3v) is 1.99. The van der Waals surface area contributed by atoms with E-state index in [2.05, 4.69) is 13.0 Å². The first-order valence-corrected chi connectivity index (χ1v) is 4.94. The maximum absolute atomic E-state index is 5.59. The molecule has 0 heterocycles. The molecule has 2 nitrogen and oxygen atoms in total. The topological polar surface area (TPSA) is 35.2 Å². The normalized spacial score (nSPS) is 10.7. The van der Waals surface area contributed by atoms with Gasteiger partial charge in [-0.1, -0.05) is 37.3 Å². The van der Waals surface area contributed by atoms with Crippen LogP contribution < -0.4 is 10.5 Å². The lowest BCUT2D eigenvalue weighted by Crippen LogP contribution is -1.98. The molecule has 14 heavy (non-hydrogen) atoms. The van der Waals surface area contributed by atoms with Crippen molar-refractivity contribution in [3.05, 3.63) is 42.0 Å². The zero-order chi connectivity index (χ0) is 10.2. The first kappa shape index (κ1) is 10.8. The maximum Gasteiger partial charge on any atom is 0.122 e. The van der Waals surface area contributed by atoms with E-state index in [9.17, 15) is 0 Å². The molecule has 0 amide bonds. The van der Waals surface area contributed by atoms with Gasteiger partial charge >= 0.3 is 0 Å². The first-order valence-electron chi connectivity index (χ1n) is 4.94. The van der Waals surface area contributed by atoms with Crippen LogP contribution in [-0.2, 0) is 6.42 Å². The standard InChI is InChI=1S/C12H17NO/c1-2-11-7-3-4-8-12(11)14-10-6-5-9-13/h3-8H,2,9-10,13H2,1H3. The fourth-order valence-corrected chi connectivity index (χ4v) is 1.24. The summed E-state index contributed by atoms with van der Waals surface area (Å²) in [4.78, 5) is 0. The molecule has 0 aliphatic rings. The average molecular weight is 191 g/mol. The summed E-state index contributed by atoms with van der Waals surface area (Å²) < 4.78 is 5.59. The van der Waals surface area contributed by atoms with Crippen LogP contribution in [0.4, 0.5) is 0 Å². The molecule has 0 atom stereocenters. The van der Waals surface area contributed by atoms with Crippen LogP contribution >= 0.6 is 0 Å². The molecule has 2 heteroatoms. The van der Waals surface area contributed by atoms with Gasteiger partial charge in [-0.25, -0.2) is 0 Å². The zero-order valence-electron chi connectivity index (χ0n) is 8.57. The molecule has 0 fully saturated rings. The van der Waals surface area contributed by atoms with Gasteiger partial charge in [0.25, 0.3) is 0 Å². The third-order valence-electron chi connectivity index (χ3n) is 1.99. The number of hydrogen-bond donors (Lipinski definition) is 1. The van der Waals surface area contributed by atoms with Crippen molar-refractivity contribution < 1.29 is 4.74 Å². The number of benzene rings is 1. The Morgan fingerprint density at radius 2 is 2.07 bits per heavy atom. The summed E-state index contributed by atoms with van der Waals surface area (Å²) in [6.45, 7) is 3.28. The number of ether oxygens (including phenoxy) is 1. The van der Waals surface area contributed by atoms with Crippen molar-refractivity contribution in [1.82, 2.24) is 0 Å². The van der Waals surface area contributed by atoms with E-state index in [0.29, 0.717) is 13.2 Å². The largest absolute Gasteiger partial charge is 0.489 e. The minimum absolute atomic E-state index is 0.568.